The second kappa shape index (κ2) is 20.8. The van der Waals surface area contributed by atoms with Crippen LogP contribution in [0.1, 0.15) is 136 Å². The molecule has 0 N–H and O–H groups in total. The minimum Gasteiger partial charge on any atom is -0.0883 e. The topological polar surface area (TPSA) is 0 Å². The minimum absolute atomic E-state index is 0.791. The van der Waals surface area contributed by atoms with Crippen LogP contribution in [0, 0.1) is 5.92 Å². The summed E-state index contributed by atoms with van der Waals surface area (Å²) in [5.74, 6) is 0.791. The molecule has 1 atom stereocenters. The maximum Gasteiger partial charge on any atom is -0.0262 e. The first-order chi connectivity index (χ1) is 11.8. The van der Waals surface area contributed by atoms with Gasteiger partial charge < -0.3 is 0 Å². The monoisotopic (exact) mass is 336 g/mol. The molecule has 0 aromatic carbocycles. The Hall–Kier alpha value is -0.260. The number of unbranched alkanes of at least 4 members (excludes halogenated alkanes) is 15. The van der Waals surface area contributed by atoms with Crippen molar-refractivity contribution in [2.75, 3.05) is 0 Å². The fourth-order valence-electron chi connectivity index (χ4n) is 3.42. The summed E-state index contributed by atoms with van der Waals surface area (Å²) >= 11 is 0. The zero-order chi connectivity index (χ0) is 17.7. The average Bonchev–Trinajstić information content (AvgIpc) is 2.59. The van der Waals surface area contributed by atoms with Crippen LogP contribution in [-0.2, 0) is 0 Å². The lowest BCUT2D eigenvalue weighted by atomic mass is 10.0. The fourth-order valence-corrected chi connectivity index (χ4v) is 3.42. The van der Waals surface area contributed by atoms with Crippen LogP contribution in [0.5, 0.6) is 0 Å². The van der Waals surface area contributed by atoms with Gasteiger partial charge in [0.15, 0.2) is 0 Å². The van der Waals surface area contributed by atoms with Gasteiger partial charge in [0.2, 0.25) is 0 Å². The molecule has 0 aromatic rings. The minimum atomic E-state index is 0.791. The standard InChI is InChI=1S/C24H48/c1-4-6-8-10-12-14-15-17-19-21-23-24(3)22-20-18-16-13-11-9-7-5-2/h21,23-24H,4-20,22H2,1-3H3. The molecule has 0 spiro atoms. The van der Waals surface area contributed by atoms with Crippen LogP contribution >= 0.6 is 0 Å². The molecule has 0 heteroatoms. The van der Waals surface area contributed by atoms with E-state index in [1.807, 2.05) is 0 Å². The first kappa shape index (κ1) is 23.7. The Morgan fingerprint density at radius 2 is 0.958 bits per heavy atom. The molecule has 0 saturated carbocycles. The zero-order valence-electron chi connectivity index (χ0n) is 17.5. The molecule has 0 radical (unpaired) electrons. The molecule has 0 aliphatic carbocycles. The summed E-state index contributed by atoms with van der Waals surface area (Å²) in [6, 6.07) is 0. The van der Waals surface area contributed by atoms with Crippen molar-refractivity contribution in [1.82, 2.24) is 0 Å². The summed E-state index contributed by atoms with van der Waals surface area (Å²) < 4.78 is 0. The van der Waals surface area contributed by atoms with Crippen molar-refractivity contribution >= 4 is 0 Å². The predicted molar refractivity (Wildman–Crippen MR) is 113 cm³/mol. The van der Waals surface area contributed by atoms with Gasteiger partial charge in [-0.1, -0.05) is 129 Å². The smallest absolute Gasteiger partial charge is 0.0262 e. The molecular weight excluding hydrogens is 288 g/mol. The van der Waals surface area contributed by atoms with Gasteiger partial charge in [0.05, 0.1) is 0 Å². The van der Waals surface area contributed by atoms with Crippen molar-refractivity contribution < 1.29 is 0 Å². The third-order valence-corrected chi connectivity index (χ3v) is 5.20. The Morgan fingerprint density at radius 1 is 0.542 bits per heavy atom. The van der Waals surface area contributed by atoms with Crippen LogP contribution in [0.25, 0.3) is 0 Å². The molecule has 144 valence electrons. The molecule has 0 aliphatic rings. The average molecular weight is 337 g/mol. The molecule has 1 unspecified atom stereocenters. The van der Waals surface area contributed by atoms with Crippen molar-refractivity contribution in [3.63, 3.8) is 0 Å². The second-order valence-electron chi connectivity index (χ2n) is 7.93. The van der Waals surface area contributed by atoms with Crippen LogP contribution in [0.15, 0.2) is 12.2 Å². The Balaban J connectivity index is 3.23. The van der Waals surface area contributed by atoms with Gasteiger partial charge in [0, 0.05) is 0 Å². The van der Waals surface area contributed by atoms with Gasteiger partial charge >= 0.3 is 0 Å². The van der Waals surface area contributed by atoms with E-state index >= 15 is 0 Å². The Labute approximate surface area is 154 Å². The van der Waals surface area contributed by atoms with E-state index < -0.39 is 0 Å². The first-order valence-corrected chi connectivity index (χ1v) is 11.5. The van der Waals surface area contributed by atoms with Crippen molar-refractivity contribution in [2.45, 2.75) is 136 Å². The van der Waals surface area contributed by atoms with E-state index in [4.69, 9.17) is 0 Å². The number of allylic oxidation sites excluding steroid dienone is 2. The molecule has 0 fully saturated rings. The summed E-state index contributed by atoms with van der Waals surface area (Å²) in [6.07, 6.45) is 30.6. The van der Waals surface area contributed by atoms with Gasteiger partial charge in [-0.2, -0.15) is 0 Å². The van der Waals surface area contributed by atoms with Crippen LogP contribution in [0.2, 0.25) is 0 Å². The molecule has 0 amide bonds. The Morgan fingerprint density at radius 3 is 1.46 bits per heavy atom. The van der Waals surface area contributed by atoms with Gasteiger partial charge in [-0.3, -0.25) is 0 Å². The largest absolute Gasteiger partial charge is 0.0883 e. The normalized spacial score (nSPS) is 13.0. The summed E-state index contributed by atoms with van der Waals surface area (Å²) in [5.41, 5.74) is 0. The zero-order valence-corrected chi connectivity index (χ0v) is 17.5. The summed E-state index contributed by atoms with van der Waals surface area (Å²) in [6.45, 7) is 6.98. The molecule has 0 rings (SSSR count). The molecule has 0 heterocycles. The highest BCUT2D eigenvalue weighted by Gasteiger charge is 1.97. The molecule has 0 bridgehead atoms. The lowest BCUT2D eigenvalue weighted by Gasteiger charge is -2.06. The SMILES string of the molecule is CCCCCCCCCCC=CC(C)CCCCCCCCCC. The van der Waals surface area contributed by atoms with Crippen molar-refractivity contribution in [1.29, 1.82) is 0 Å². The highest BCUT2D eigenvalue weighted by atomic mass is 14.0. The number of rotatable bonds is 19. The fraction of sp³-hybridized carbons (Fsp3) is 0.917. The quantitative estimate of drug-likeness (QED) is 0.163. The highest BCUT2D eigenvalue weighted by Crippen LogP contribution is 2.15. The Kier molecular flexibility index (Phi) is 20.6. The number of hydrogen-bond donors (Lipinski definition) is 0. The summed E-state index contributed by atoms with van der Waals surface area (Å²) in [4.78, 5) is 0. The van der Waals surface area contributed by atoms with Crippen LogP contribution in [0.3, 0.4) is 0 Å². The molecule has 24 heavy (non-hydrogen) atoms. The second-order valence-corrected chi connectivity index (χ2v) is 7.93. The Bertz CT molecular complexity index is 240. The summed E-state index contributed by atoms with van der Waals surface area (Å²) in [5, 5.41) is 0. The lowest BCUT2D eigenvalue weighted by molar-refractivity contribution is 0.531. The summed E-state index contributed by atoms with van der Waals surface area (Å²) in [7, 11) is 0. The maximum absolute atomic E-state index is 2.47. The van der Waals surface area contributed by atoms with E-state index in [2.05, 4.69) is 32.9 Å². The van der Waals surface area contributed by atoms with Crippen molar-refractivity contribution in [2.24, 2.45) is 5.92 Å². The molecular formula is C24H48. The van der Waals surface area contributed by atoms with Crippen LogP contribution in [0.4, 0.5) is 0 Å². The third-order valence-electron chi connectivity index (χ3n) is 5.20. The van der Waals surface area contributed by atoms with Crippen LogP contribution in [-0.4, -0.2) is 0 Å². The predicted octanol–water partition coefficient (Wildman–Crippen LogP) is 9.24. The maximum atomic E-state index is 2.47. The van der Waals surface area contributed by atoms with Crippen LogP contribution < -0.4 is 0 Å². The molecule has 0 aromatic heterocycles. The van der Waals surface area contributed by atoms with Gasteiger partial charge in [0.25, 0.3) is 0 Å². The number of hydrogen-bond acceptors (Lipinski definition) is 0. The van der Waals surface area contributed by atoms with Gasteiger partial charge in [-0.25, -0.2) is 0 Å². The van der Waals surface area contributed by atoms with Gasteiger partial charge in [0.1, 0.15) is 0 Å². The van der Waals surface area contributed by atoms with E-state index in [1.165, 1.54) is 116 Å². The molecule has 0 saturated heterocycles. The van der Waals surface area contributed by atoms with E-state index in [0.717, 1.165) is 5.92 Å². The first-order valence-electron chi connectivity index (χ1n) is 11.5. The molecule has 0 aliphatic heterocycles. The lowest BCUT2D eigenvalue weighted by Crippen LogP contribution is -1.90. The van der Waals surface area contributed by atoms with Crippen molar-refractivity contribution in [3.05, 3.63) is 12.2 Å². The molecule has 0 nitrogen and oxygen atoms in total. The van der Waals surface area contributed by atoms with Gasteiger partial charge in [-0.15, -0.1) is 0 Å². The third kappa shape index (κ3) is 19.8. The van der Waals surface area contributed by atoms with Gasteiger partial charge in [-0.05, 0) is 25.2 Å². The van der Waals surface area contributed by atoms with E-state index in [9.17, 15) is 0 Å². The van der Waals surface area contributed by atoms with E-state index in [1.54, 1.807) is 0 Å². The highest BCUT2D eigenvalue weighted by molar-refractivity contribution is 4.86. The van der Waals surface area contributed by atoms with E-state index in [-0.39, 0.29) is 0 Å². The van der Waals surface area contributed by atoms with Crippen molar-refractivity contribution in [3.8, 4) is 0 Å². The van der Waals surface area contributed by atoms with E-state index in [0.29, 0.717) is 0 Å².